The Labute approximate surface area is 91.8 Å². The number of nitrogens with zero attached hydrogens (tertiary/aromatic N) is 1. The lowest BCUT2D eigenvalue weighted by atomic mass is 9.96. The summed E-state index contributed by atoms with van der Waals surface area (Å²) in [7, 11) is 0. The van der Waals surface area contributed by atoms with Crippen LogP contribution in [0.15, 0.2) is 0 Å². The molecule has 0 radical (unpaired) electrons. The summed E-state index contributed by atoms with van der Waals surface area (Å²) in [4.78, 5) is 13.7. The Morgan fingerprint density at radius 2 is 2.00 bits per heavy atom. The summed E-state index contributed by atoms with van der Waals surface area (Å²) in [5.74, 6) is 0.747. The van der Waals surface area contributed by atoms with Crippen LogP contribution in [0.3, 0.4) is 0 Å². The molecule has 1 aliphatic heterocycles. The Morgan fingerprint density at radius 3 is 2.67 bits per heavy atom. The Kier molecular flexibility index (Phi) is 3.49. The van der Waals surface area contributed by atoms with E-state index in [2.05, 4.69) is 0 Å². The molecule has 0 bridgehead atoms. The molecule has 1 saturated heterocycles. The van der Waals surface area contributed by atoms with Gasteiger partial charge in [0.05, 0.1) is 6.61 Å². The van der Waals surface area contributed by atoms with E-state index in [0.29, 0.717) is 12.6 Å². The predicted molar refractivity (Wildman–Crippen MR) is 58.7 cm³/mol. The van der Waals surface area contributed by atoms with Crippen LogP contribution in [0.5, 0.6) is 0 Å². The first-order valence-corrected chi connectivity index (χ1v) is 6.26. The lowest BCUT2D eigenvalue weighted by Gasteiger charge is -2.28. The average Bonchev–Trinajstić information content (AvgIpc) is 2.88. The maximum absolute atomic E-state index is 11.7. The summed E-state index contributed by atoms with van der Waals surface area (Å²) in [6.07, 6.45) is 7.55. The molecule has 0 N–H and O–H groups in total. The second kappa shape index (κ2) is 4.86. The van der Waals surface area contributed by atoms with Crippen molar-refractivity contribution in [3.63, 3.8) is 0 Å². The van der Waals surface area contributed by atoms with Gasteiger partial charge in [-0.15, -0.1) is 0 Å². The molecule has 1 saturated carbocycles. The largest absolute Gasteiger partial charge is 0.450 e. The maximum atomic E-state index is 11.7. The number of ether oxygens (including phenoxy) is 1. The monoisotopic (exact) mass is 211 g/mol. The highest BCUT2D eigenvalue weighted by atomic mass is 16.6. The number of carbonyl (C=O) groups is 1. The number of rotatable bonds is 2. The number of hydrogen-bond donors (Lipinski definition) is 0. The molecule has 2 aliphatic rings. The van der Waals surface area contributed by atoms with E-state index in [9.17, 15) is 4.79 Å². The van der Waals surface area contributed by atoms with Gasteiger partial charge in [-0.2, -0.15) is 0 Å². The SMILES string of the molecule is CCOC(=O)N1CCCC1C1CCCC1. The van der Waals surface area contributed by atoms with Crippen molar-refractivity contribution in [1.82, 2.24) is 4.90 Å². The highest BCUT2D eigenvalue weighted by Gasteiger charge is 2.36. The molecule has 0 aromatic heterocycles. The third-order valence-electron chi connectivity index (χ3n) is 3.75. The van der Waals surface area contributed by atoms with Crippen molar-refractivity contribution in [1.29, 1.82) is 0 Å². The third-order valence-corrected chi connectivity index (χ3v) is 3.75. The van der Waals surface area contributed by atoms with Crippen LogP contribution in [-0.4, -0.2) is 30.2 Å². The summed E-state index contributed by atoms with van der Waals surface area (Å²) in [5, 5.41) is 0. The topological polar surface area (TPSA) is 29.5 Å². The van der Waals surface area contributed by atoms with Gasteiger partial charge < -0.3 is 9.64 Å². The number of carbonyl (C=O) groups excluding carboxylic acids is 1. The zero-order valence-electron chi connectivity index (χ0n) is 9.58. The van der Waals surface area contributed by atoms with E-state index in [1.807, 2.05) is 11.8 Å². The number of amides is 1. The minimum absolute atomic E-state index is 0.0908. The molecule has 86 valence electrons. The standard InChI is InChI=1S/C12H21NO2/c1-2-15-12(14)13-9-5-8-11(13)10-6-3-4-7-10/h10-11H,2-9H2,1H3. The van der Waals surface area contributed by atoms with E-state index >= 15 is 0 Å². The van der Waals surface area contributed by atoms with Crippen molar-refractivity contribution in [3.8, 4) is 0 Å². The van der Waals surface area contributed by atoms with E-state index in [0.717, 1.165) is 18.9 Å². The van der Waals surface area contributed by atoms with Crippen molar-refractivity contribution in [2.75, 3.05) is 13.2 Å². The molecule has 1 aliphatic carbocycles. The minimum Gasteiger partial charge on any atom is -0.450 e. The zero-order chi connectivity index (χ0) is 10.7. The fourth-order valence-electron chi connectivity index (χ4n) is 3.06. The van der Waals surface area contributed by atoms with Gasteiger partial charge in [0.1, 0.15) is 0 Å². The smallest absolute Gasteiger partial charge is 0.410 e. The summed E-state index contributed by atoms with van der Waals surface area (Å²) >= 11 is 0. The van der Waals surface area contributed by atoms with Gasteiger partial charge in [0.2, 0.25) is 0 Å². The van der Waals surface area contributed by atoms with E-state index in [1.165, 1.54) is 32.1 Å². The van der Waals surface area contributed by atoms with Gasteiger partial charge in [0.25, 0.3) is 0 Å². The Balaban J connectivity index is 1.94. The van der Waals surface area contributed by atoms with Gasteiger partial charge >= 0.3 is 6.09 Å². The minimum atomic E-state index is -0.0908. The van der Waals surface area contributed by atoms with E-state index < -0.39 is 0 Å². The molecule has 2 rings (SSSR count). The molecule has 3 nitrogen and oxygen atoms in total. The van der Waals surface area contributed by atoms with E-state index in [-0.39, 0.29) is 6.09 Å². The van der Waals surface area contributed by atoms with Gasteiger partial charge in [-0.05, 0) is 38.5 Å². The van der Waals surface area contributed by atoms with Gasteiger partial charge in [-0.25, -0.2) is 4.79 Å². The van der Waals surface area contributed by atoms with Crippen LogP contribution < -0.4 is 0 Å². The first-order chi connectivity index (χ1) is 7.33. The fourth-order valence-corrected chi connectivity index (χ4v) is 3.06. The summed E-state index contributed by atoms with van der Waals surface area (Å²) in [5.41, 5.74) is 0. The molecule has 1 amide bonds. The van der Waals surface area contributed by atoms with Gasteiger partial charge in [0, 0.05) is 12.6 Å². The fraction of sp³-hybridized carbons (Fsp3) is 0.917. The maximum Gasteiger partial charge on any atom is 0.410 e. The summed E-state index contributed by atoms with van der Waals surface area (Å²) < 4.78 is 5.10. The van der Waals surface area contributed by atoms with E-state index in [1.54, 1.807) is 0 Å². The normalized spacial score (nSPS) is 27.3. The molecule has 0 aromatic carbocycles. The Hall–Kier alpha value is -0.730. The van der Waals surface area contributed by atoms with Crippen LogP contribution in [0.25, 0.3) is 0 Å². The Morgan fingerprint density at radius 1 is 1.27 bits per heavy atom. The van der Waals surface area contributed by atoms with Crippen molar-refractivity contribution in [2.45, 2.75) is 51.5 Å². The van der Waals surface area contributed by atoms with Crippen LogP contribution in [0.2, 0.25) is 0 Å². The van der Waals surface area contributed by atoms with Crippen LogP contribution in [-0.2, 0) is 4.74 Å². The van der Waals surface area contributed by atoms with Crippen LogP contribution in [0.1, 0.15) is 45.4 Å². The van der Waals surface area contributed by atoms with Crippen molar-refractivity contribution in [3.05, 3.63) is 0 Å². The first kappa shape index (κ1) is 10.8. The van der Waals surface area contributed by atoms with Crippen LogP contribution >= 0.6 is 0 Å². The Bertz CT molecular complexity index is 224. The molecule has 0 spiro atoms. The zero-order valence-corrected chi connectivity index (χ0v) is 9.58. The average molecular weight is 211 g/mol. The molecule has 1 unspecified atom stereocenters. The molecular weight excluding hydrogens is 190 g/mol. The van der Waals surface area contributed by atoms with Gasteiger partial charge in [0.15, 0.2) is 0 Å². The quantitative estimate of drug-likeness (QED) is 0.703. The molecule has 15 heavy (non-hydrogen) atoms. The van der Waals surface area contributed by atoms with Crippen molar-refractivity contribution in [2.24, 2.45) is 5.92 Å². The highest BCUT2D eigenvalue weighted by molar-refractivity contribution is 5.68. The summed E-state index contributed by atoms with van der Waals surface area (Å²) in [6.45, 7) is 3.27. The molecule has 1 heterocycles. The van der Waals surface area contributed by atoms with Crippen LogP contribution in [0, 0.1) is 5.92 Å². The lowest BCUT2D eigenvalue weighted by Crippen LogP contribution is -2.39. The van der Waals surface area contributed by atoms with Crippen molar-refractivity contribution < 1.29 is 9.53 Å². The first-order valence-electron chi connectivity index (χ1n) is 6.26. The highest BCUT2D eigenvalue weighted by Crippen LogP contribution is 2.35. The molecule has 1 atom stereocenters. The second-order valence-electron chi connectivity index (χ2n) is 4.65. The molecule has 0 aromatic rings. The van der Waals surface area contributed by atoms with Crippen molar-refractivity contribution >= 4 is 6.09 Å². The summed E-state index contributed by atoms with van der Waals surface area (Å²) in [6, 6.07) is 0.478. The van der Waals surface area contributed by atoms with Crippen LogP contribution in [0.4, 0.5) is 4.79 Å². The number of likely N-dealkylation sites (tertiary alicyclic amines) is 1. The molecular formula is C12H21NO2. The van der Waals surface area contributed by atoms with E-state index in [4.69, 9.17) is 4.74 Å². The third kappa shape index (κ3) is 2.27. The predicted octanol–water partition coefficient (Wildman–Crippen LogP) is 2.80. The second-order valence-corrected chi connectivity index (χ2v) is 4.65. The molecule has 2 fully saturated rings. The van der Waals surface area contributed by atoms with Gasteiger partial charge in [-0.3, -0.25) is 0 Å². The number of hydrogen-bond acceptors (Lipinski definition) is 2. The lowest BCUT2D eigenvalue weighted by molar-refractivity contribution is 0.0919. The molecule has 3 heteroatoms. The van der Waals surface area contributed by atoms with Gasteiger partial charge in [-0.1, -0.05) is 12.8 Å².